The predicted molar refractivity (Wildman–Crippen MR) is 98.8 cm³/mol. The predicted octanol–water partition coefficient (Wildman–Crippen LogP) is 2.41. The van der Waals surface area contributed by atoms with Gasteiger partial charge in [0.2, 0.25) is 10.0 Å². The standard InChI is InChI=1S/C17H17F2N3O6S/c1-27-15-7-11(14(22(23)24)8-16(15)28-17(18)19)9-21-5-4-10-6-12(29(20,25)26)2-3-13(10)21/h2-3,6-8,17H,4-5,9H2,1H3,(H2,20,25,26). The van der Waals surface area contributed by atoms with Gasteiger partial charge >= 0.3 is 6.61 Å². The lowest BCUT2D eigenvalue weighted by Crippen LogP contribution is -2.20. The SMILES string of the molecule is COc1cc(CN2CCc3cc(S(N)(=O)=O)ccc32)c([N+](=O)[O-])cc1OC(F)F. The molecular formula is C17H17F2N3O6S. The first-order valence-electron chi connectivity index (χ1n) is 8.31. The van der Waals surface area contributed by atoms with Crippen LogP contribution in [0.4, 0.5) is 20.2 Å². The van der Waals surface area contributed by atoms with Gasteiger partial charge in [0.25, 0.3) is 5.69 Å². The molecule has 29 heavy (non-hydrogen) atoms. The lowest BCUT2D eigenvalue weighted by molar-refractivity contribution is -0.385. The van der Waals surface area contributed by atoms with Crippen LogP contribution in [0.2, 0.25) is 0 Å². The molecule has 9 nitrogen and oxygen atoms in total. The summed E-state index contributed by atoms with van der Waals surface area (Å²) in [5.74, 6) is -0.493. The molecule has 0 radical (unpaired) electrons. The third kappa shape index (κ3) is 4.38. The smallest absolute Gasteiger partial charge is 0.387 e. The summed E-state index contributed by atoms with van der Waals surface area (Å²) in [5, 5.41) is 16.6. The van der Waals surface area contributed by atoms with E-state index >= 15 is 0 Å². The van der Waals surface area contributed by atoms with Crippen LogP contribution in [0.25, 0.3) is 0 Å². The van der Waals surface area contributed by atoms with Gasteiger partial charge in [0, 0.05) is 18.8 Å². The van der Waals surface area contributed by atoms with Gasteiger partial charge in [0.05, 0.1) is 28.6 Å². The van der Waals surface area contributed by atoms with Crippen LogP contribution < -0.4 is 19.5 Å². The maximum atomic E-state index is 12.6. The number of hydrogen-bond donors (Lipinski definition) is 1. The van der Waals surface area contributed by atoms with Crippen LogP contribution >= 0.6 is 0 Å². The van der Waals surface area contributed by atoms with Crippen molar-refractivity contribution in [2.24, 2.45) is 5.14 Å². The van der Waals surface area contributed by atoms with Crippen LogP contribution in [0.1, 0.15) is 11.1 Å². The molecule has 2 aromatic rings. The van der Waals surface area contributed by atoms with Crippen molar-refractivity contribution in [3.63, 3.8) is 0 Å². The largest absolute Gasteiger partial charge is 0.493 e. The Morgan fingerprint density at radius 2 is 2.00 bits per heavy atom. The second kappa shape index (κ2) is 7.79. The molecule has 0 aromatic heterocycles. The lowest BCUT2D eigenvalue weighted by atomic mass is 10.1. The summed E-state index contributed by atoms with van der Waals surface area (Å²) in [7, 11) is -2.60. The Morgan fingerprint density at radius 3 is 2.59 bits per heavy atom. The van der Waals surface area contributed by atoms with Crippen LogP contribution in [0, 0.1) is 10.1 Å². The number of halogens is 2. The molecule has 0 saturated heterocycles. The van der Waals surface area contributed by atoms with Gasteiger partial charge in [-0.3, -0.25) is 10.1 Å². The number of benzene rings is 2. The third-order valence-corrected chi connectivity index (χ3v) is 5.42. The van der Waals surface area contributed by atoms with E-state index in [2.05, 4.69) is 4.74 Å². The molecule has 0 spiro atoms. The summed E-state index contributed by atoms with van der Waals surface area (Å²) in [6.45, 7) is -2.59. The maximum Gasteiger partial charge on any atom is 0.387 e. The molecule has 1 aliphatic rings. The van der Waals surface area contributed by atoms with Gasteiger partial charge in [0.1, 0.15) is 0 Å². The molecule has 156 valence electrons. The van der Waals surface area contributed by atoms with Gasteiger partial charge in [-0.1, -0.05) is 0 Å². The lowest BCUT2D eigenvalue weighted by Gasteiger charge is -2.20. The molecule has 0 bridgehead atoms. The average molecular weight is 429 g/mol. The Balaban J connectivity index is 1.96. The molecule has 2 aromatic carbocycles. The van der Waals surface area contributed by atoms with E-state index in [0.29, 0.717) is 18.7 Å². The molecule has 2 N–H and O–H groups in total. The number of alkyl halides is 2. The summed E-state index contributed by atoms with van der Waals surface area (Å²) >= 11 is 0. The molecule has 0 atom stereocenters. The Hall–Kier alpha value is -2.99. The fourth-order valence-electron chi connectivity index (χ4n) is 3.23. The number of sulfonamides is 1. The highest BCUT2D eigenvalue weighted by atomic mass is 32.2. The van der Waals surface area contributed by atoms with E-state index < -0.39 is 33.0 Å². The van der Waals surface area contributed by atoms with Crippen molar-refractivity contribution in [3.05, 3.63) is 51.6 Å². The molecule has 0 fully saturated rings. The Labute approximate surface area is 164 Å². The number of methoxy groups -OCH3 is 1. The number of ether oxygens (including phenoxy) is 2. The molecular weight excluding hydrogens is 412 g/mol. The van der Waals surface area contributed by atoms with Crippen molar-refractivity contribution in [1.29, 1.82) is 0 Å². The van der Waals surface area contributed by atoms with Gasteiger partial charge in [-0.15, -0.1) is 0 Å². The molecule has 3 rings (SSSR count). The summed E-state index contributed by atoms with van der Waals surface area (Å²) in [5.41, 5.74) is 1.29. The quantitative estimate of drug-likeness (QED) is 0.529. The number of hydrogen-bond acceptors (Lipinski definition) is 7. The zero-order valence-corrected chi connectivity index (χ0v) is 16.0. The summed E-state index contributed by atoms with van der Waals surface area (Å²) < 4.78 is 57.5. The molecule has 0 aliphatic carbocycles. The first-order chi connectivity index (χ1) is 13.6. The van der Waals surface area contributed by atoms with E-state index in [4.69, 9.17) is 9.88 Å². The number of nitro benzene ring substituents is 1. The minimum absolute atomic E-state index is 0.0146. The average Bonchev–Trinajstić information content (AvgIpc) is 3.03. The molecule has 12 heteroatoms. The highest BCUT2D eigenvalue weighted by Crippen LogP contribution is 2.38. The van der Waals surface area contributed by atoms with E-state index in [9.17, 15) is 27.3 Å². The Bertz CT molecular complexity index is 1060. The van der Waals surface area contributed by atoms with Gasteiger partial charge in [0.15, 0.2) is 11.5 Å². The first kappa shape index (κ1) is 20.7. The van der Waals surface area contributed by atoms with E-state index in [1.54, 1.807) is 6.07 Å². The van der Waals surface area contributed by atoms with E-state index in [1.165, 1.54) is 25.3 Å². The van der Waals surface area contributed by atoms with Crippen LogP contribution in [0.5, 0.6) is 11.5 Å². The van der Waals surface area contributed by atoms with E-state index in [1.807, 2.05) is 4.90 Å². The van der Waals surface area contributed by atoms with Crippen molar-refractivity contribution in [2.45, 2.75) is 24.5 Å². The van der Waals surface area contributed by atoms with Crippen LogP contribution in [0.15, 0.2) is 35.2 Å². The van der Waals surface area contributed by atoms with Crippen LogP contribution in [0.3, 0.4) is 0 Å². The molecule has 1 aliphatic heterocycles. The summed E-state index contributed by atoms with van der Waals surface area (Å²) in [6.07, 6.45) is 0.524. The van der Waals surface area contributed by atoms with Crippen molar-refractivity contribution in [1.82, 2.24) is 0 Å². The number of primary sulfonamides is 1. The minimum atomic E-state index is -3.84. The van der Waals surface area contributed by atoms with Gasteiger partial charge in [-0.05, 0) is 36.2 Å². The van der Waals surface area contributed by atoms with Crippen molar-refractivity contribution in [2.75, 3.05) is 18.6 Å². The normalized spacial score (nSPS) is 13.5. The van der Waals surface area contributed by atoms with E-state index in [-0.39, 0.29) is 22.8 Å². The van der Waals surface area contributed by atoms with Crippen LogP contribution in [-0.2, 0) is 23.0 Å². The highest BCUT2D eigenvalue weighted by Gasteiger charge is 2.26. The maximum absolute atomic E-state index is 12.6. The first-order valence-corrected chi connectivity index (χ1v) is 9.85. The zero-order chi connectivity index (χ0) is 21.3. The number of fused-ring (bicyclic) bond motifs is 1. The topological polar surface area (TPSA) is 125 Å². The second-order valence-corrected chi connectivity index (χ2v) is 7.84. The fraction of sp³-hybridized carbons (Fsp3) is 0.294. The van der Waals surface area contributed by atoms with Gasteiger partial charge in [-0.2, -0.15) is 8.78 Å². The number of anilines is 1. The minimum Gasteiger partial charge on any atom is -0.493 e. The number of nitro groups is 1. The molecule has 0 unspecified atom stereocenters. The highest BCUT2D eigenvalue weighted by molar-refractivity contribution is 7.89. The number of rotatable bonds is 7. The van der Waals surface area contributed by atoms with Crippen molar-refractivity contribution in [3.8, 4) is 11.5 Å². The van der Waals surface area contributed by atoms with Gasteiger partial charge in [-0.25, -0.2) is 13.6 Å². The number of nitrogens with zero attached hydrogens (tertiary/aromatic N) is 2. The summed E-state index contributed by atoms with van der Waals surface area (Å²) in [4.78, 5) is 12.6. The van der Waals surface area contributed by atoms with E-state index in [0.717, 1.165) is 11.6 Å². The molecule has 1 heterocycles. The second-order valence-electron chi connectivity index (χ2n) is 6.27. The van der Waals surface area contributed by atoms with Crippen molar-refractivity contribution < 1.29 is 31.6 Å². The Kier molecular flexibility index (Phi) is 5.57. The number of nitrogens with two attached hydrogens (primary N) is 1. The third-order valence-electron chi connectivity index (χ3n) is 4.51. The Morgan fingerprint density at radius 1 is 1.28 bits per heavy atom. The van der Waals surface area contributed by atoms with Crippen LogP contribution in [-0.4, -0.2) is 33.6 Å². The summed E-state index contributed by atoms with van der Waals surface area (Å²) in [6, 6.07) is 6.60. The molecule has 0 saturated carbocycles. The zero-order valence-electron chi connectivity index (χ0n) is 15.2. The monoisotopic (exact) mass is 429 g/mol. The fourth-order valence-corrected chi connectivity index (χ4v) is 3.79. The van der Waals surface area contributed by atoms with Crippen molar-refractivity contribution >= 4 is 21.4 Å². The van der Waals surface area contributed by atoms with Gasteiger partial charge < -0.3 is 14.4 Å². The molecule has 0 amide bonds.